The summed E-state index contributed by atoms with van der Waals surface area (Å²) in [6.45, 7) is 3.51. The van der Waals surface area contributed by atoms with Crippen LogP contribution in [0.4, 0.5) is 0 Å². The van der Waals surface area contributed by atoms with E-state index in [0.717, 1.165) is 18.4 Å². The summed E-state index contributed by atoms with van der Waals surface area (Å²) in [7, 11) is 1.31. The zero-order chi connectivity index (χ0) is 18.4. The van der Waals surface area contributed by atoms with Crippen LogP contribution in [0.5, 0.6) is 0 Å². The summed E-state index contributed by atoms with van der Waals surface area (Å²) in [6, 6.07) is 7.35. The predicted octanol–water partition coefficient (Wildman–Crippen LogP) is 2.05. The van der Waals surface area contributed by atoms with Gasteiger partial charge in [0.15, 0.2) is 0 Å². The van der Waals surface area contributed by atoms with Crippen LogP contribution in [0.15, 0.2) is 30.3 Å². The highest BCUT2D eigenvalue weighted by Crippen LogP contribution is 2.19. The van der Waals surface area contributed by atoms with E-state index in [9.17, 15) is 14.4 Å². The number of amides is 2. The van der Waals surface area contributed by atoms with Crippen molar-refractivity contribution >= 4 is 23.9 Å². The first-order valence-corrected chi connectivity index (χ1v) is 8.27. The number of esters is 1. The summed E-state index contributed by atoms with van der Waals surface area (Å²) in [4.78, 5) is 35.2. The first-order valence-electron chi connectivity index (χ1n) is 8.27. The van der Waals surface area contributed by atoms with Crippen molar-refractivity contribution in [2.75, 3.05) is 7.11 Å². The Labute approximate surface area is 147 Å². The minimum atomic E-state index is -0.695. The van der Waals surface area contributed by atoms with E-state index in [1.807, 2.05) is 0 Å². The number of benzene rings is 1. The Kier molecular flexibility index (Phi) is 5.96. The first kappa shape index (κ1) is 18.7. The average molecular weight is 344 g/mol. The highest BCUT2D eigenvalue weighted by atomic mass is 16.5. The lowest BCUT2D eigenvalue weighted by molar-refractivity contribution is -0.142. The second-order valence-electron chi connectivity index (χ2n) is 6.83. The molecule has 0 spiro atoms. The molecule has 0 aliphatic heterocycles. The molecule has 1 fully saturated rings. The smallest absolute Gasteiger partial charge is 0.307 e. The molecule has 1 aliphatic carbocycles. The van der Waals surface area contributed by atoms with Crippen molar-refractivity contribution in [3.05, 3.63) is 41.5 Å². The van der Waals surface area contributed by atoms with E-state index in [0.29, 0.717) is 11.6 Å². The van der Waals surface area contributed by atoms with Gasteiger partial charge in [0.2, 0.25) is 5.91 Å². The molecule has 1 aliphatic rings. The number of rotatable bonds is 7. The minimum Gasteiger partial charge on any atom is -0.469 e. The van der Waals surface area contributed by atoms with Gasteiger partial charge >= 0.3 is 5.97 Å². The van der Waals surface area contributed by atoms with Crippen molar-refractivity contribution in [1.82, 2.24) is 10.6 Å². The molecule has 25 heavy (non-hydrogen) atoms. The van der Waals surface area contributed by atoms with Gasteiger partial charge in [-0.25, -0.2) is 0 Å². The van der Waals surface area contributed by atoms with Gasteiger partial charge in [0, 0.05) is 23.2 Å². The molecule has 6 heteroatoms. The first-order chi connectivity index (χ1) is 11.8. The van der Waals surface area contributed by atoms with Gasteiger partial charge in [-0.2, -0.15) is 0 Å². The maximum atomic E-state index is 12.0. The Morgan fingerprint density at radius 2 is 1.84 bits per heavy atom. The number of hydrogen-bond donors (Lipinski definition) is 2. The number of methoxy groups -OCH3 is 1. The van der Waals surface area contributed by atoms with Gasteiger partial charge in [-0.1, -0.05) is 12.1 Å². The van der Waals surface area contributed by atoms with Crippen LogP contribution in [0.3, 0.4) is 0 Å². The molecule has 1 aromatic rings. The van der Waals surface area contributed by atoms with Crippen molar-refractivity contribution in [3.63, 3.8) is 0 Å². The molecule has 1 saturated carbocycles. The standard InChI is InChI=1S/C19H24N2O4/c1-19(2,12-17(23)25-3)21-16(22)11-6-13-4-7-14(8-5-13)18(24)20-15-9-10-15/h4-8,11,15H,9-10,12H2,1-3H3,(H,20,24)(H,21,22)/b11-6-. The minimum absolute atomic E-state index is 0.0691. The molecule has 0 heterocycles. The van der Waals surface area contributed by atoms with Gasteiger partial charge in [-0.3, -0.25) is 14.4 Å². The van der Waals surface area contributed by atoms with Crippen LogP contribution in [0.25, 0.3) is 6.08 Å². The molecular formula is C19H24N2O4. The van der Waals surface area contributed by atoms with Crippen LogP contribution in [-0.4, -0.2) is 36.5 Å². The van der Waals surface area contributed by atoms with Crippen LogP contribution in [0, 0.1) is 0 Å². The van der Waals surface area contributed by atoms with E-state index in [1.54, 1.807) is 44.2 Å². The quantitative estimate of drug-likeness (QED) is 0.586. The number of carbonyl (C=O) groups excluding carboxylic acids is 3. The lowest BCUT2D eigenvalue weighted by Crippen LogP contribution is -2.44. The zero-order valence-electron chi connectivity index (χ0n) is 14.8. The summed E-state index contributed by atoms with van der Waals surface area (Å²) in [5.41, 5.74) is 0.718. The van der Waals surface area contributed by atoms with Gasteiger partial charge in [-0.15, -0.1) is 0 Å². The lowest BCUT2D eigenvalue weighted by atomic mass is 10.0. The summed E-state index contributed by atoms with van der Waals surface area (Å²) in [5, 5.41) is 5.69. The lowest BCUT2D eigenvalue weighted by Gasteiger charge is -2.24. The molecule has 0 aromatic heterocycles. The monoisotopic (exact) mass is 344 g/mol. The van der Waals surface area contributed by atoms with Crippen molar-refractivity contribution in [1.29, 1.82) is 0 Å². The molecule has 134 valence electrons. The summed E-state index contributed by atoms with van der Waals surface area (Å²) in [6.07, 6.45) is 5.25. The number of ether oxygens (including phenoxy) is 1. The van der Waals surface area contributed by atoms with Crippen molar-refractivity contribution in [3.8, 4) is 0 Å². The topological polar surface area (TPSA) is 84.5 Å². The van der Waals surface area contributed by atoms with Crippen LogP contribution in [-0.2, 0) is 14.3 Å². The highest BCUT2D eigenvalue weighted by molar-refractivity contribution is 5.95. The molecule has 0 unspecified atom stereocenters. The van der Waals surface area contributed by atoms with Gasteiger partial charge in [0.1, 0.15) is 0 Å². The number of carbonyl (C=O) groups is 3. The Morgan fingerprint density at radius 1 is 1.20 bits per heavy atom. The van der Waals surface area contributed by atoms with Crippen LogP contribution >= 0.6 is 0 Å². The fourth-order valence-corrected chi connectivity index (χ4v) is 2.27. The molecule has 0 radical (unpaired) electrons. The largest absolute Gasteiger partial charge is 0.469 e. The Morgan fingerprint density at radius 3 is 2.40 bits per heavy atom. The Hall–Kier alpha value is -2.63. The normalized spacial score (nSPS) is 14.2. The third-order valence-corrected chi connectivity index (χ3v) is 3.79. The van der Waals surface area contributed by atoms with Gasteiger partial charge in [0.05, 0.1) is 13.5 Å². The van der Waals surface area contributed by atoms with E-state index >= 15 is 0 Å². The second-order valence-corrected chi connectivity index (χ2v) is 6.83. The Balaban J connectivity index is 1.88. The highest BCUT2D eigenvalue weighted by Gasteiger charge is 2.24. The summed E-state index contributed by atoms with van der Waals surface area (Å²) < 4.78 is 4.61. The summed E-state index contributed by atoms with van der Waals surface area (Å²) >= 11 is 0. The van der Waals surface area contributed by atoms with Crippen LogP contribution < -0.4 is 10.6 Å². The van der Waals surface area contributed by atoms with Crippen LogP contribution in [0.2, 0.25) is 0 Å². The molecule has 2 N–H and O–H groups in total. The maximum absolute atomic E-state index is 12.0. The SMILES string of the molecule is COC(=O)CC(C)(C)NC(=O)/C=C\c1ccc(C(=O)NC2CC2)cc1. The summed E-state index contributed by atoms with van der Waals surface area (Å²) in [5.74, 6) is -0.751. The van der Waals surface area contributed by atoms with Crippen molar-refractivity contribution < 1.29 is 19.1 Å². The molecule has 1 aromatic carbocycles. The van der Waals surface area contributed by atoms with E-state index in [-0.39, 0.29) is 24.2 Å². The molecule has 2 amide bonds. The Bertz CT molecular complexity index is 673. The third-order valence-electron chi connectivity index (χ3n) is 3.79. The van der Waals surface area contributed by atoms with E-state index in [1.165, 1.54) is 13.2 Å². The maximum Gasteiger partial charge on any atom is 0.307 e. The zero-order valence-corrected chi connectivity index (χ0v) is 14.8. The molecule has 0 atom stereocenters. The molecular weight excluding hydrogens is 320 g/mol. The van der Waals surface area contributed by atoms with Crippen molar-refractivity contribution in [2.24, 2.45) is 0 Å². The van der Waals surface area contributed by atoms with Gasteiger partial charge in [0.25, 0.3) is 5.91 Å². The fraction of sp³-hybridized carbons (Fsp3) is 0.421. The molecule has 0 saturated heterocycles. The average Bonchev–Trinajstić information content (AvgIpc) is 3.36. The second kappa shape index (κ2) is 7.96. The fourth-order valence-electron chi connectivity index (χ4n) is 2.27. The van der Waals surface area contributed by atoms with E-state index in [2.05, 4.69) is 15.4 Å². The van der Waals surface area contributed by atoms with Gasteiger partial charge < -0.3 is 15.4 Å². The third kappa shape index (κ3) is 6.41. The molecule has 6 nitrogen and oxygen atoms in total. The molecule has 2 rings (SSSR count). The van der Waals surface area contributed by atoms with E-state index in [4.69, 9.17) is 0 Å². The predicted molar refractivity (Wildman–Crippen MR) is 94.8 cm³/mol. The van der Waals surface area contributed by atoms with Crippen molar-refractivity contribution in [2.45, 2.75) is 44.7 Å². The van der Waals surface area contributed by atoms with Gasteiger partial charge in [-0.05, 0) is 50.5 Å². The van der Waals surface area contributed by atoms with Crippen LogP contribution in [0.1, 0.15) is 49.0 Å². The molecule has 0 bridgehead atoms. The number of nitrogens with one attached hydrogen (secondary N) is 2. The number of hydrogen-bond acceptors (Lipinski definition) is 4. The van der Waals surface area contributed by atoms with E-state index < -0.39 is 5.54 Å².